The van der Waals surface area contributed by atoms with Crippen LogP contribution < -0.4 is 5.56 Å². The van der Waals surface area contributed by atoms with E-state index in [2.05, 4.69) is 25.4 Å². The number of hydrogen-bond acceptors (Lipinski definition) is 5. The minimum absolute atomic E-state index is 0.0952. The number of rotatable bonds is 11. The molecule has 1 fully saturated rings. The SMILES string of the molecule is C=C/C(=C\C=C\Cl)c1nc2c(c(=O)[nH]1)CN(C(=O)[C@@H]1C[C@@H](O)CN1C(=O)CCCCC)CC2CCCC. The third-order valence-corrected chi connectivity index (χ3v) is 7.31. The molecule has 0 bridgehead atoms. The van der Waals surface area contributed by atoms with Gasteiger partial charge in [-0.25, -0.2) is 4.98 Å². The highest BCUT2D eigenvalue weighted by Gasteiger charge is 2.42. The van der Waals surface area contributed by atoms with Gasteiger partial charge in [0.2, 0.25) is 11.8 Å². The molecule has 3 rings (SSSR count). The molecular formula is C28H39ClN4O4. The smallest absolute Gasteiger partial charge is 0.256 e. The first-order valence-electron chi connectivity index (χ1n) is 13.3. The number of aliphatic hydroxyl groups excluding tert-OH is 1. The lowest BCUT2D eigenvalue weighted by molar-refractivity contribution is -0.144. The Morgan fingerprint density at radius 3 is 2.65 bits per heavy atom. The molecule has 2 N–H and O–H groups in total. The van der Waals surface area contributed by atoms with E-state index in [4.69, 9.17) is 16.6 Å². The van der Waals surface area contributed by atoms with Crippen molar-refractivity contribution in [2.24, 2.45) is 0 Å². The number of fused-ring (bicyclic) bond motifs is 1. The Morgan fingerprint density at radius 2 is 1.97 bits per heavy atom. The number of unbranched alkanes of at least 4 members (excludes halogenated alkanes) is 3. The molecule has 3 heterocycles. The molecule has 1 aromatic rings. The van der Waals surface area contributed by atoms with E-state index in [1.807, 2.05) is 0 Å². The highest BCUT2D eigenvalue weighted by Crippen LogP contribution is 2.32. The molecule has 3 atom stereocenters. The normalized spacial score (nSPS) is 21.9. The van der Waals surface area contributed by atoms with Crippen molar-refractivity contribution in [2.75, 3.05) is 13.1 Å². The van der Waals surface area contributed by atoms with E-state index in [-0.39, 0.29) is 42.8 Å². The molecule has 0 radical (unpaired) electrons. The number of carbonyl (C=O) groups excluding carboxylic acids is 2. The van der Waals surface area contributed by atoms with Crippen molar-refractivity contribution in [1.82, 2.24) is 19.8 Å². The summed E-state index contributed by atoms with van der Waals surface area (Å²) in [4.78, 5) is 50.7. The van der Waals surface area contributed by atoms with Crippen molar-refractivity contribution in [1.29, 1.82) is 0 Å². The Labute approximate surface area is 224 Å². The number of halogens is 1. The molecular weight excluding hydrogens is 492 g/mol. The zero-order valence-corrected chi connectivity index (χ0v) is 22.7. The van der Waals surface area contributed by atoms with Gasteiger partial charge in [-0.2, -0.15) is 0 Å². The highest BCUT2D eigenvalue weighted by molar-refractivity contribution is 6.25. The fourth-order valence-electron chi connectivity index (χ4n) is 5.18. The summed E-state index contributed by atoms with van der Waals surface area (Å²) >= 11 is 5.66. The highest BCUT2D eigenvalue weighted by atomic mass is 35.5. The number of aromatic amines is 1. The Hall–Kier alpha value is -2.71. The van der Waals surface area contributed by atoms with Crippen molar-refractivity contribution in [2.45, 2.75) is 89.8 Å². The van der Waals surface area contributed by atoms with Crippen LogP contribution in [-0.2, 0) is 16.1 Å². The van der Waals surface area contributed by atoms with Crippen molar-refractivity contribution in [3.05, 3.63) is 57.8 Å². The summed E-state index contributed by atoms with van der Waals surface area (Å²) in [6.07, 6.45) is 10.2. The summed E-state index contributed by atoms with van der Waals surface area (Å²) in [5.41, 5.74) is 2.89. The molecule has 0 spiro atoms. The lowest BCUT2D eigenvalue weighted by atomic mass is 9.90. The summed E-state index contributed by atoms with van der Waals surface area (Å²) in [6, 6.07) is -0.707. The fraction of sp³-hybridized carbons (Fsp3) is 0.571. The van der Waals surface area contributed by atoms with Gasteiger partial charge in [0.15, 0.2) is 0 Å². The first-order valence-corrected chi connectivity index (χ1v) is 13.8. The number of aliphatic hydroxyl groups is 1. The quantitative estimate of drug-likeness (QED) is 0.328. The largest absolute Gasteiger partial charge is 0.391 e. The summed E-state index contributed by atoms with van der Waals surface area (Å²) in [7, 11) is 0. The summed E-state index contributed by atoms with van der Waals surface area (Å²) in [5.74, 6) is -0.00180. The molecule has 8 nitrogen and oxygen atoms in total. The van der Waals surface area contributed by atoms with Gasteiger partial charge in [0.1, 0.15) is 11.9 Å². The molecule has 202 valence electrons. The second-order valence-corrected chi connectivity index (χ2v) is 10.1. The van der Waals surface area contributed by atoms with Gasteiger partial charge in [-0.1, -0.05) is 75.9 Å². The van der Waals surface area contributed by atoms with Crippen molar-refractivity contribution in [3.63, 3.8) is 0 Å². The maximum absolute atomic E-state index is 13.7. The van der Waals surface area contributed by atoms with E-state index in [1.165, 1.54) is 10.4 Å². The Balaban J connectivity index is 1.90. The van der Waals surface area contributed by atoms with Gasteiger partial charge < -0.3 is 19.9 Å². The Morgan fingerprint density at radius 1 is 1.22 bits per heavy atom. The van der Waals surface area contributed by atoms with Crippen LogP contribution in [0.5, 0.6) is 0 Å². The summed E-state index contributed by atoms with van der Waals surface area (Å²) in [6.45, 7) is 8.70. The number of nitrogens with one attached hydrogen (secondary N) is 1. The molecule has 0 aliphatic carbocycles. The molecule has 0 saturated carbocycles. The number of hydrogen-bond donors (Lipinski definition) is 2. The topological polar surface area (TPSA) is 107 Å². The maximum atomic E-state index is 13.7. The van der Waals surface area contributed by atoms with Crippen LogP contribution in [0.1, 0.15) is 88.2 Å². The van der Waals surface area contributed by atoms with Crippen LogP contribution in [0.4, 0.5) is 0 Å². The van der Waals surface area contributed by atoms with Crippen LogP contribution in [0.2, 0.25) is 0 Å². The number of aromatic nitrogens is 2. The standard InChI is InChI=1S/C28H39ClN4O4/c1-4-7-9-13-24(35)33-17-21(34)15-23(33)28(37)32-16-20(11-8-5-2)25-22(18-32)27(36)31-26(30-25)19(6-3)12-10-14-29/h6,10,12,14,20-21,23,34H,3-5,7-9,11,13,15-18H2,1-2H3,(H,30,31,36)/b14-10+,19-12+/t20?,21-,23+/m1/s1. The Kier molecular flexibility index (Phi) is 10.7. The molecule has 9 heteroatoms. The lowest BCUT2D eigenvalue weighted by Gasteiger charge is -2.36. The molecule has 2 aliphatic rings. The van der Waals surface area contributed by atoms with E-state index in [9.17, 15) is 19.5 Å². The average molecular weight is 531 g/mol. The second kappa shape index (κ2) is 13.7. The molecule has 1 aromatic heterocycles. The van der Waals surface area contributed by atoms with Gasteiger partial charge in [-0.05, 0) is 12.8 Å². The van der Waals surface area contributed by atoms with Crippen molar-refractivity contribution in [3.8, 4) is 0 Å². The molecule has 37 heavy (non-hydrogen) atoms. The molecule has 2 amide bonds. The van der Waals surface area contributed by atoms with Crippen LogP contribution >= 0.6 is 11.6 Å². The van der Waals surface area contributed by atoms with Crippen LogP contribution in [0, 0.1) is 0 Å². The number of carbonyl (C=O) groups is 2. The number of H-pyrrole nitrogens is 1. The maximum Gasteiger partial charge on any atom is 0.256 e. The number of allylic oxidation sites excluding steroid dienone is 4. The zero-order valence-electron chi connectivity index (χ0n) is 21.9. The van der Waals surface area contributed by atoms with Crippen LogP contribution in [-0.4, -0.2) is 61.9 Å². The van der Waals surface area contributed by atoms with E-state index in [1.54, 1.807) is 23.1 Å². The molecule has 0 aromatic carbocycles. The predicted molar refractivity (Wildman–Crippen MR) is 146 cm³/mol. The van der Waals surface area contributed by atoms with Gasteiger partial charge in [0.25, 0.3) is 5.56 Å². The minimum atomic E-state index is -0.726. The first-order chi connectivity index (χ1) is 17.8. The lowest BCUT2D eigenvalue weighted by Crippen LogP contribution is -2.50. The zero-order chi connectivity index (χ0) is 26.9. The van der Waals surface area contributed by atoms with Gasteiger partial charge >= 0.3 is 0 Å². The summed E-state index contributed by atoms with van der Waals surface area (Å²) < 4.78 is 0. The van der Waals surface area contributed by atoms with Crippen LogP contribution in [0.15, 0.2) is 35.1 Å². The van der Waals surface area contributed by atoms with Crippen LogP contribution in [0.25, 0.3) is 5.57 Å². The van der Waals surface area contributed by atoms with Gasteiger partial charge in [0, 0.05) is 43.0 Å². The van der Waals surface area contributed by atoms with Gasteiger partial charge in [0.05, 0.1) is 23.9 Å². The average Bonchev–Trinajstić information content (AvgIpc) is 3.29. The number of likely N-dealkylation sites (tertiary alicyclic amines) is 1. The van der Waals surface area contributed by atoms with Gasteiger partial charge in [-0.15, -0.1) is 0 Å². The summed E-state index contributed by atoms with van der Waals surface area (Å²) in [5, 5.41) is 10.3. The number of amides is 2. The van der Waals surface area contributed by atoms with Crippen molar-refractivity contribution >= 4 is 29.0 Å². The van der Waals surface area contributed by atoms with Gasteiger partial charge in [-0.3, -0.25) is 14.4 Å². The number of nitrogens with zero attached hydrogens (tertiary/aromatic N) is 3. The fourth-order valence-corrected chi connectivity index (χ4v) is 5.26. The Bertz CT molecular complexity index is 1100. The van der Waals surface area contributed by atoms with Crippen LogP contribution in [0.3, 0.4) is 0 Å². The molecule has 1 saturated heterocycles. The van der Waals surface area contributed by atoms with E-state index >= 15 is 0 Å². The number of β-amino-alcohol motifs (C(OH)–C–C–N with tert-alkyl or cyclic N) is 1. The first kappa shape index (κ1) is 28.9. The minimum Gasteiger partial charge on any atom is -0.391 e. The predicted octanol–water partition coefficient (Wildman–Crippen LogP) is 4.25. The van der Waals surface area contributed by atoms with Crippen molar-refractivity contribution < 1.29 is 14.7 Å². The van der Waals surface area contributed by atoms with E-state index in [0.717, 1.165) is 38.5 Å². The molecule has 2 aliphatic heterocycles. The van der Waals surface area contributed by atoms with E-state index < -0.39 is 12.1 Å². The van der Waals surface area contributed by atoms with E-state index in [0.29, 0.717) is 35.6 Å². The monoisotopic (exact) mass is 530 g/mol. The third-order valence-electron chi connectivity index (χ3n) is 7.16. The molecule has 1 unspecified atom stereocenters. The third kappa shape index (κ3) is 6.99. The second-order valence-electron chi connectivity index (χ2n) is 9.89.